The van der Waals surface area contributed by atoms with Gasteiger partial charge in [0.1, 0.15) is 0 Å². The van der Waals surface area contributed by atoms with Crippen molar-refractivity contribution < 1.29 is 0 Å². The molecule has 0 spiro atoms. The van der Waals surface area contributed by atoms with Crippen LogP contribution in [0.3, 0.4) is 0 Å². The molecule has 0 amide bonds. The maximum atomic E-state index is 4.37. The Hall–Kier alpha value is -1.68. The second kappa shape index (κ2) is 4.30. The molecule has 0 aliphatic heterocycles. The van der Waals surface area contributed by atoms with E-state index < -0.39 is 0 Å². The predicted molar refractivity (Wildman–Crippen MR) is 66.0 cm³/mol. The summed E-state index contributed by atoms with van der Waals surface area (Å²) in [6.45, 7) is 2.87. The Morgan fingerprint density at radius 1 is 1.47 bits per heavy atom. The second-order valence-electron chi connectivity index (χ2n) is 4.56. The van der Waals surface area contributed by atoms with Crippen LogP contribution in [0.2, 0.25) is 0 Å². The lowest BCUT2D eigenvalue weighted by molar-refractivity contribution is 0.678. The molecule has 1 N–H and O–H groups in total. The van der Waals surface area contributed by atoms with Crippen LogP contribution in [0.5, 0.6) is 0 Å². The molecule has 2 heterocycles. The smallest absolute Gasteiger partial charge is 0.0723 e. The van der Waals surface area contributed by atoms with Crippen LogP contribution in [-0.2, 0) is 6.54 Å². The van der Waals surface area contributed by atoms with E-state index in [0.717, 1.165) is 17.9 Å². The highest BCUT2D eigenvalue weighted by atomic mass is 15.3. The van der Waals surface area contributed by atoms with Crippen molar-refractivity contribution in [1.82, 2.24) is 20.1 Å². The number of pyridine rings is 1. The first-order valence-corrected chi connectivity index (χ1v) is 6.02. The van der Waals surface area contributed by atoms with Crippen LogP contribution in [0, 0.1) is 6.92 Å². The molecule has 4 heteroatoms. The Morgan fingerprint density at radius 3 is 3.06 bits per heavy atom. The summed E-state index contributed by atoms with van der Waals surface area (Å²) in [5.41, 5.74) is 3.34. The van der Waals surface area contributed by atoms with E-state index in [1.807, 2.05) is 30.1 Å². The van der Waals surface area contributed by atoms with Crippen molar-refractivity contribution >= 4 is 0 Å². The summed E-state index contributed by atoms with van der Waals surface area (Å²) in [6, 6.07) is 4.73. The molecule has 3 rings (SSSR count). The van der Waals surface area contributed by atoms with Crippen molar-refractivity contribution in [2.24, 2.45) is 0 Å². The molecule has 1 fully saturated rings. The molecule has 88 valence electrons. The summed E-state index contributed by atoms with van der Waals surface area (Å²) in [5, 5.41) is 7.81. The highest BCUT2D eigenvalue weighted by Crippen LogP contribution is 2.20. The van der Waals surface area contributed by atoms with Gasteiger partial charge in [-0.1, -0.05) is 0 Å². The van der Waals surface area contributed by atoms with E-state index in [0.29, 0.717) is 6.04 Å². The van der Waals surface area contributed by atoms with E-state index in [1.54, 1.807) is 6.20 Å². The van der Waals surface area contributed by atoms with Crippen molar-refractivity contribution in [3.05, 3.63) is 42.0 Å². The van der Waals surface area contributed by atoms with Gasteiger partial charge >= 0.3 is 0 Å². The fraction of sp³-hybridized carbons (Fsp3) is 0.385. The normalized spacial score (nSPS) is 15.1. The van der Waals surface area contributed by atoms with Gasteiger partial charge in [-0.25, -0.2) is 4.68 Å². The van der Waals surface area contributed by atoms with Crippen LogP contribution in [0.1, 0.15) is 24.1 Å². The largest absolute Gasteiger partial charge is 0.310 e. The van der Waals surface area contributed by atoms with Gasteiger partial charge in [0.2, 0.25) is 0 Å². The average Bonchev–Trinajstić information content (AvgIpc) is 3.00. The molecule has 0 bridgehead atoms. The van der Waals surface area contributed by atoms with Crippen molar-refractivity contribution in [3.63, 3.8) is 0 Å². The average molecular weight is 228 g/mol. The molecular weight excluding hydrogens is 212 g/mol. The quantitative estimate of drug-likeness (QED) is 0.868. The standard InChI is InChI=1S/C13H16N4/c1-10-7-13(17-6-2-5-16-17)11(8-14-10)9-15-12-3-4-12/h2,5-8,12,15H,3-4,9H2,1H3. The first-order valence-electron chi connectivity index (χ1n) is 6.02. The van der Waals surface area contributed by atoms with Crippen LogP contribution in [0.25, 0.3) is 5.69 Å². The molecule has 0 atom stereocenters. The van der Waals surface area contributed by atoms with Gasteiger partial charge in [-0.3, -0.25) is 4.98 Å². The SMILES string of the molecule is Cc1cc(-n2cccn2)c(CNC2CC2)cn1. The van der Waals surface area contributed by atoms with E-state index in [9.17, 15) is 0 Å². The van der Waals surface area contributed by atoms with Gasteiger partial charge in [0.15, 0.2) is 0 Å². The van der Waals surface area contributed by atoms with Crippen LogP contribution in [0.4, 0.5) is 0 Å². The lowest BCUT2D eigenvalue weighted by Gasteiger charge is -2.10. The number of nitrogens with one attached hydrogen (secondary N) is 1. The van der Waals surface area contributed by atoms with Gasteiger partial charge in [0, 0.05) is 42.4 Å². The zero-order valence-electron chi connectivity index (χ0n) is 9.93. The third-order valence-electron chi connectivity index (χ3n) is 3.01. The molecule has 0 radical (unpaired) electrons. The molecule has 2 aromatic heterocycles. The third-order valence-corrected chi connectivity index (χ3v) is 3.01. The molecule has 0 aromatic carbocycles. The minimum Gasteiger partial charge on any atom is -0.310 e. The maximum Gasteiger partial charge on any atom is 0.0723 e. The Morgan fingerprint density at radius 2 is 2.35 bits per heavy atom. The highest BCUT2D eigenvalue weighted by molar-refractivity contribution is 5.40. The molecular formula is C13H16N4. The van der Waals surface area contributed by atoms with Crippen LogP contribution >= 0.6 is 0 Å². The molecule has 0 saturated heterocycles. The van der Waals surface area contributed by atoms with E-state index >= 15 is 0 Å². The Bertz CT molecular complexity index is 500. The van der Waals surface area contributed by atoms with Crippen LogP contribution in [-0.4, -0.2) is 20.8 Å². The second-order valence-corrected chi connectivity index (χ2v) is 4.56. The summed E-state index contributed by atoms with van der Waals surface area (Å²) in [6.07, 6.45) is 8.32. The van der Waals surface area contributed by atoms with E-state index in [-0.39, 0.29) is 0 Å². The Labute approximate surface area is 101 Å². The molecule has 1 aliphatic carbocycles. The van der Waals surface area contributed by atoms with E-state index in [2.05, 4.69) is 21.5 Å². The van der Waals surface area contributed by atoms with Crippen molar-refractivity contribution in [2.75, 3.05) is 0 Å². The molecule has 4 nitrogen and oxygen atoms in total. The Balaban J connectivity index is 1.89. The minimum absolute atomic E-state index is 0.710. The van der Waals surface area contributed by atoms with Gasteiger partial charge in [0.25, 0.3) is 0 Å². The third kappa shape index (κ3) is 2.36. The molecule has 1 aliphatic rings. The molecule has 1 saturated carbocycles. The maximum absolute atomic E-state index is 4.37. The van der Waals surface area contributed by atoms with E-state index in [1.165, 1.54) is 18.4 Å². The topological polar surface area (TPSA) is 42.7 Å². The first-order chi connectivity index (χ1) is 8.33. The van der Waals surface area contributed by atoms with Gasteiger partial charge in [-0.05, 0) is 31.9 Å². The number of hydrogen-bond acceptors (Lipinski definition) is 3. The summed E-state index contributed by atoms with van der Waals surface area (Å²) in [4.78, 5) is 4.37. The summed E-state index contributed by atoms with van der Waals surface area (Å²) >= 11 is 0. The number of hydrogen-bond donors (Lipinski definition) is 1. The van der Waals surface area contributed by atoms with Crippen LogP contribution in [0.15, 0.2) is 30.7 Å². The van der Waals surface area contributed by atoms with Crippen molar-refractivity contribution in [2.45, 2.75) is 32.4 Å². The number of nitrogens with zero attached hydrogens (tertiary/aromatic N) is 3. The van der Waals surface area contributed by atoms with Crippen molar-refractivity contribution in [3.8, 4) is 5.69 Å². The van der Waals surface area contributed by atoms with Gasteiger partial charge < -0.3 is 5.32 Å². The molecule has 17 heavy (non-hydrogen) atoms. The lowest BCUT2D eigenvalue weighted by Crippen LogP contribution is -2.17. The number of aromatic nitrogens is 3. The molecule has 2 aromatic rings. The number of rotatable bonds is 4. The summed E-state index contributed by atoms with van der Waals surface area (Å²) < 4.78 is 1.90. The van der Waals surface area contributed by atoms with Gasteiger partial charge in [0.05, 0.1) is 5.69 Å². The predicted octanol–water partition coefficient (Wildman–Crippen LogP) is 1.83. The lowest BCUT2D eigenvalue weighted by atomic mass is 10.2. The fourth-order valence-corrected chi connectivity index (χ4v) is 1.88. The first kappa shape index (κ1) is 10.5. The fourth-order valence-electron chi connectivity index (χ4n) is 1.88. The van der Waals surface area contributed by atoms with E-state index in [4.69, 9.17) is 0 Å². The number of aryl methyl sites for hydroxylation is 1. The van der Waals surface area contributed by atoms with Gasteiger partial charge in [-0.15, -0.1) is 0 Å². The highest BCUT2D eigenvalue weighted by Gasteiger charge is 2.20. The zero-order chi connectivity index (χ0) is 11.7. The summed E-state index contributed by atoms with van der Waals surface area (Å²) in [7, 11) is 0. The van der Waals surface area contributed by atoms with Crippen molar-refractivity contribution in [1.29, 1.82) is 0 Å². The summed E-state index contributed by atoms with van der Waals surface area (Å²) in [5.74, 6) is 0. The van der Waals surface area contributed by atoms with Crippen LogP contribution < -0.4 is 5.32 Å². The zero-order valence-corrected chi connectivity index (χ0v) is 9.93. The minimum atomic E-state index is 0.710. The monoisotopic (exact) mass is 228 g/mol. The Kier molecular flexibility index (Phi) is 2.65. The van der Waals surface area contributed by atoms with Gasteiger partial charge in [-0.2, -0.15) is 5.10 Å². The molecule has 0 unspecified atom stereocenters.